The van der Waals surface area contributed by atoms with Gasteiger partial charge in [0.1, 0.15) is 12.9 Å². The number of aldehydes is 1. The van der Waals surface area contributed by atoms with Crippen LogP contribution in [0.3, 0.4) is 0 Å². The van der Waals surface area contributed by atoms with Crippen LogP contribution in [0.25, 0.3) is 0 Å². The second kappa shape index (κ2) is 5.99. The van der Waals surface area contributed by atoms with Crippen molar-refractivity contribution >= 4 is 6.29 Å². The first kappa shape index (κ1) is 11.4. The summed E-state index contributed by atoms with van der Waals surface area (Å²) in [6.07, 6.45) is -2.04. The first-order valence-corrected chi connectivity index (χ1v) is 3.64. The van der Waals surface area contributed by atoms with E-state index < -0.39 is 12.8 Å². The number of hydrogen-bond acceptors (Lipinski definition) is 2. The van der Waals surface area contributed by atoms with Gasteiger partial charge in [-0.15, -0.1) is 0 Å². The Bertz CT molecular complexity index is 122. The van der Waals surface area contributed by atoms with E-state index in [-0.39, 0.29) is 6.61 Å². The predicted octanol–water partition coefficient (Wildman–Crippen LogP) is 1.93. The highest BCUT2D eigenvalue weighted by Gasteiger charge is 2.26. The Labute approximate surface area is 68.7 Å². The van der Waals surface area contributed by atoms with Crippen LogP contribution in [0, 0.1) is 0 Å². The molecule has 0 aromatic carbocycles. The molecule has 0 atom stereocenters. The topological polar surface area (TPSA) is 26.3 Å². The highest BCUT2D eigenvalue weighted by Crippen LogP contribution is 2.14. The Morgan fingerprint density at radius 1 is 1.25 bits per heavy atom. The molecule has 0 bridgehead atoms. The van der Waals surface area contributed by atoms with Crippen LogP contribution < -0.4 is 0 Å². The number of alkyl halides is 3. The van der Waals surface area contributed by atoms with Crippen molar-refractivity contribution in [2.75, 3.05) is 13.2 Å². The number of rotatable bonds is 6. The third-order valence-corrected chi connectivity index (χ3v) is 1.13. The lowest BCUT2D eigenvalue weighted by molar-refractivity contribution is -0.174. The minimum Gasteiger partial charge on any atom is -0.372 e. The molecule has 0 saturated heterocycles. The molecular weight excluding hydrogens is 173 g/mol. The van der Waals surface area contributed by atoms with Crippen LogP contribution in [0.1, 0.15) is 19.3 Å². The van der Waals surface area contributed by atoms with Crippen LogP contribution in [0.2, 0.25) is 0 Å². The first-order chi connectivity index (χ1) is 5.56. The molecule has 0 fully saturated rings. The van der Waals surface area contributed by atoms with E-state index >= 15 is 0 Å². The fourth-order valence-corrected chi connectivity index (χ4v) is 0.620. The lowest BCUT2D eigenvalue weighted by Gasteiger charge is -2.06. The number of halogens is 3. The van der Waals surface area contributed by atoms with Crippen molar-refractivity contribution in [2.45, 2.75) is 25.4 Å². The van der Waals surface area contributed by atoms with E-state index in [2.05, 4.69) is 4.74 Å². The van der Waals surface area contributed by atoms with Gasteiger partial charge in [-0.25, -0.2) is 0 Å². The summed E-state index contributed by atoms with van der Waals surface area (Å²) in [6.45, 7) is -1.14. The summed E-state index contributed by atoms with van der Waals surface area (Å²) in [4.78, 5) is 9.78. The molecule has 0 aromatic heterocycles. The van der Waals surface area contributed by atoms with E-state index in [0.29, 0.717) is 19.3 Å². The SMILES string of the molecule is O=CCCCCOCC(F)(F)F. The van der Waals surface area contributed by atoms with E-state index in [4.69, 9.17) is 0 Å². The van der Waals surface area contributed by atoms with Crippen molar-refractivity contribution in [2.24, 2.45) is 0 Å². The molecule has 0 aliphatic rings. The molecule has 72 valence electrons. The summed E-state index contributed by atoms with van der Waals surface area (Å²) >= 11 is 0. The van der Waals surface area contributed by atoms with E-state index in [0.717, 1.165) is 6.29 Å². The quantitative estimate of drug-likeness (QED) is 0.465. The summed E-state index contributed by atoms with van der Waals surface area (Å²) in [5.74, 6) is 0. The number of carbonyl (C=O) groups excluding carboxylic acids is 1. The molecular formula is C7H11F3O2. The molecule has 0 rings (SSSR count). The summed E-state index contributed by atoms with van der Waals surface area (Å²) in [5.41, 5.74) is 0. The molecule has 12 heavy (non-hydrogen) atoms. The fourth-order valence-electron chi connectivity index (χ4n) is 0.620. The monoisotopic (exact) mass is 184 g/mol. The van der Waals surface area contributed by atoms with Gasteiger partial charge >= 0.3 is 6.18 Å². The maximum atomic E-state index is 11.4. The van der Waals surface area contributed by atoms with Crippen molar-refractivity contribution < 1.29 is 22.7 Å². The second-order valence-electron chi connectivity index (χ2n) is 2.33. The Hall–Kier alpha value is -0.580. The van der Waals surface area contributed by atoms with Crippen molar-refractivity contribution in [1.29, 1.82) is 0 Å². The maximum absolute atomic E-state index is 11.4. The van der Waals surface area contributed by atoms with Crippen LogP contribution in [-0.4, -0.2) is 25.7 Å². The number of hydrogen-bond donors (Lipinski definition) is 0. The molecule has 5 heteroatoms. The molecule has 0 heterocycles. The third kappa shape index (κ3) is 9.42. The average Bonchev–Trinajstić information content (AvgIpc) is 1.94. The summed E-state index contributed by atoms with van der Waals surface area (Å²) in [7, 11) is 0. The van der Waals surface area contributed by atoms with E-state index in [1.54, 1.807) is 0 Å². The van der Waals surface area contributed by atoms with Crippen molar-refractivity contribution in [3.8, 4) is 0 Å². The van der Waals surface area contributed by atoms with E-state index in [1.807, 2.05) is 0 Å². The Kier molecular flexibility index (Phi) is 5.70. The zero-order valence-electron chi connectivity index (χ0n) is 6.56. The summed E-state index contributed by atoms with van der Waals surface area (Å²) in [5, 5.41) is 0. The summed E-state index contributed by atoms with van der Waals surface area (Å²) < 4.78 is 38.7. The molecule has 0 aliphatic heterocycles. The molecule has 2 nitrogen and oxygen atoms in total. The second-order valence-corrected chi connectivity index (χ2v) is 2.33. The lowest BCUT2D eigenvalue weighted by atomic mass is 10.3. The van der Waals surface area contributed by atoms with Crippen molar-refractivity contribution in [1.82, 2.24) is 0 Å². The van der Waals surface area contributed by atoms with Crippen LogP contribution in [0.5, 0.6) is 0 Å². The molecule has 0 spiro atoms. The normalized spacial score (nSPS) is 11.6. The average molecular weight is 184 g/mol. The first-order valence-electron chi connectivity index (χ1n) is 3.64. The lowest BCUT2D eigenvalue weighted by Crippen LogP contribution is -2.17. The molecule has 0 unspecified atom stereocenters. The van der Waals surface area contributed by atoms with Gasteiger partial charge in [0.05, 0.1) is 0 Å². The Morgan fingerprint density at radius 3 is 2.42 bits per heavy atom. The van der Waals surface area contributed by atoms with Gasteiger partial charge in [-0.2, -0.15) is 13.2 Å². The van der Waals surface area contributed by atoms with Gasteiger partial charge in [0, 0.05) is 13.0 Å². The van der Waals surface area contributed by atoms with Gasteiger partial charge in [-0.1, -0.05) is 0 Å². The van der Waals surface area contributed by atoms with Gasteiger partial charge < -0.3 is 9.53 Å². The molecule has 0 N–H and O–H groups in total. The van der Waals surface area contributed by atoms with E-state index in [1.165, 1.54) is 0 Å². The fraction of sp³-hybridized carbons (Fsp3) is 0.857. The third-order valence-electron chi connectivity index (χ3n) is 1.13. The van der Waals surface area contributed by atoms with Crippen LogP contribution >= 0.6 is 0 Å². The van der Waals surface area contributed by atoms with Gasteiger partial charge in [0.15, 0.2) is 0 Å². The molecule has 0 aliphatic carbocycles. The van der Waals surface area contributed by atoms with Crippen molar-refractivity contribution in [3.05, 3.63) is 0 Å². The predicted molar refractivity (Wildman–Crippen MR) is 36.8 cm³/mol. The van der Waals surface area contributed by atoms with Gasteiger partial charge in [0.2, 0.25) is 0 Å². The zero-order chi connectivity index (χ0) is 9.45. The molecule has 0 radical (unpaired) electrons. The zero-order valence-corrected chi connectivity index (χ0v) is 6.56. The summed E-state index contributed by atoms with van der Waals surface area (Å²) in [6, 6.07) is 0. The minimum atomic E-state index is -4.25. The Morgan fingerprint density at radius 2 is 1.92 bits per heavy atom. The Balaban J connectivity index is 3.06. The van der Waals surface area contributed by atoms with Gasteiger partial charge in [-0.05, 0) is 12.8 Å². The molecule has 0 saturated carbocycles. The van der Waals surface area contributed by atoms with Crippen LogP contribution in [0.15, 0.2) is 0 Å². The smallest absolute Gasteiger partial charge is 0.372 e. The van der Waals surface area contributed by atoms with E-state index in [9.17, 15) is 18.0 Å². The van der Waals surface area contributed by atoms with Crippen LogP contribution in [-0.2, 0) is 9.53 Å². The standard InChI is InChI=1S/C7H11F3O2/c8-7(9,10)6-12-5-3-1-2-4-11/h4H,1-3,5-6H2. The number of ether oxygens (including phenoxy) is 1. The highest BCUT2D eigenvalue weighted by molar-refractivity contribution is 5.48. The highest BCUT2D eigenvalue weighted by atomic mass is 19.4. The molecule has 0 aromatic rings. The van der Waals surface area contributed by atoms with Crippen LogP contribution in [0.4, 0.5) is 13.2 Å². The number of carbonyl (C=O) groups is 1. The van der Waals surface area contributed by atoms with Crippen molar-refractivity contribution in [3.63, 3.8) is 0 Å². The minimum absolute atomic E-state index is 0.0628. The van der Waals surface area contributed by atoms with Gasteiger partial charge in [0.25, 0.3) is 0 Å². The maximum Gasteiger partial charge on any atom is 0.411 e. The largest absolute Gasteiger partial charge is 0.411 e. The molecule has 0 amide bonds. The number of unbranched alkanes of at least 4 members (excludes halogenated alkanes) is 2. The van der Waals surface area contributed by atoms with Gasteiger partial charge in [-0.3, -0.25) is 0 Å².